The summed E-state index contributed by atoms with van der Waals surface area (Å²) in [5.41, 5.74) is 6.43. The molecule has 2 heterocycles. The van der Waals surface area contributed by atoms with E-state index in [1.165, 1.54) is 12.6 Å². The normalized spacial score (nSPS) is 10.2. The van der Waals surface area contributed by atoms with Gasteiger partial charge >= 0.3 is 0 Å². The Hall–Kier alpha value is -2.22. The summed E-state index contributed by atoms with van der Waals surface area (Å²) in [5.74, 6) is 0.0218. The lowest BCUT2D eigenvalue weighted by molar-refractivity contribution is 0.0995. The predicted molar refractivity (Wildman–Crippen MR) is 63.7 cm³/mol. The Kier molecular flexibility index (Phi) is 2.88. The van der Waals surface area contributed by atoms with Crippen molar-refractivity contribution in [2.45, 2.75) is 6.92 Å². The van der Waals surface area contributed by atoms with Gasteiger partial charge in [-0.1, -0.05) is 12.2 Å². The van der Waals surface area contributed by atoms with Crippen LogP contribution in [-0.2, 0) is 0 Å². The van der Waals surface area contributed by atoms with Crippen molar-refractivity contribution in [1.29, 1.82) is 0 Å². The Morgan fingerprint density at radius 2 is 2.41 bits per heavy atom. The molecular weight excluding hydrogens is 242 g/mol. The van der Waals surface area contributed by atoms with Crippen molar-refractivity contribution in [3.05, 3.63) is 29.6 Å². The number of H-pyrrole nitrogens is 1. The summed E-state index contributed by atoms with van der Waals surface area (Å²) in [5, 5.41) is 8.89. The summed E-state index contributed by atoms with van der Waals surface area (Å²) >= 11 is 4.81. The lowest BCUT2D eigenvalue weighted by Gasteiger charge is -2.02. The molecule has 0 unspecified atom stereocenters. The van der Waals surface area contributed by atoms with Gasteiger partial charge < -0.3 is 15.5 Å². The molecule has 0 fully saturated rings. The highest BCUT2D eigenvalue weighted by atomic mass is 32.1. The van der Waals surface area contributed by atoms with Crippen molar-refractivity contribution < 1.29 is 9.21 Å². The number of nitrogens with zero attached hydrogens (tertiary/aromatic N) is 2. The van der Waals surface area contributed by atoms with Crippen molar-refractivity contribution in [3.8, 4) is 0 Å². The zero-order valence-corrected chi connectivity index (χ0v) is 9.67. The van der Waals surface area contributed by atoms with Gasteiger partial charge in [-0.25, -0.2) is 4.98 Å². The van der Waals surface area contributed by atoms with Crippen LogP contribution in [0.3, 0.4) is 0 Å². The Bertz CT molecular complexity index is 573. The van der Waals surface area contributed by atoms with E-state index in [0.717, 1.165) is 0 Å². The standard InChI is InChI=1S/C9H9N5O2S/c1-4-6(16-3-11-4)9(15)13-8-5(7(10)17)2-12-14-8/h2-3H,1H3,(H2,10,17)(H2,12,13,14,15). The average Bonchev–Trinajstić information content (AvgIpc) is 2.86. The molecule has 0 aliphatic heterocycles. The first kappa shape index (κ1) is 11.3. The van der Waals surface area contributed by atoms with E-state index in [1.807, 2.05) is 0 Å². The van der Waals surface area contributed by atoms with Crippen LogP contribution < -0.4 is 11.1 Å². The number of aryl methyl sites for hydroxylation is 1. The van der Waals surface area contributed by atoms with Gasteiger partial charge in [-0.15, -0.1) is 0 Å². The summed E-state index contributed by atoms with van der Waals surface area (Å²) < 4.78 is 4.95. The number of oxazole rings is 1. The van der Waals surface area contributed by atoms with Crippen molar-refractivity contribution in [2.24, 2.45) is 5.73 Å². The Morgan fingerprint density at radius 3 is 3.00 bits per heavy atom. The maximum atomic E-state index is 11.8. The molecule has 2 rings (SSSR count). The highest BCUT2D eigenvalue weighted by molar-refractivity contribution is 7.80. The minimum atomic E-state index is -0.443. The molecule has 0 saturated heterocycles. The molecule has 0 atom stereocenters. The van der Waals surface area contributed by atoms with Crippen LogP contribution in [0.1, 0.15) is 21.8 Å². The van der Waals surface area contributed by atoms with Gasteiger partial charge in [0.05, 0.1) is 17.5 Å². The van der Waals surface area contributed by atoms with E-state index in [0.29, 0.717) is 17.1 Å². The predicted octanol–water partition coefficient (Wildman–Crippen LogP) is 0.593. The van der Waals surface area contributed by atoms with Crippen molar-refractivity contribution in [2.75, 3.05) is 5.32 Å². The Labute approximate surface area is 101 Å². The number of anilines is 1. The monoisotopic (exact) mass is 251 g/mol. The van der Waals surface area contributed by atoms with Crippen LogP contribution in [0, 0.1) is 6.92 Å². The van der Waals surface area contributed by atoms with Crippen LogP contribution in [0.2, 0.25) is 0 Å². The lowest BCUT2D eigenvalue weighted by atomic mass is 10.3. The van der Waals surface area contributed by atoms with Crippen LogP contribution in [0.4, 0.5) is 5.82 Å². The molecule has 0 saturated carbocycles. The van der Waals surface area contributed by atoms with Gasteiger partial charge in [-0.2, -0.15) is 5.10 Å². The molecule has 1 amide bonds. The number of carbonyl (C=O) groups is 1. The van der Waals surface area contributed by atoms with Gasteiger partial charge in [0, 0.05) is 0 Å². The highest BCUT2D eigenvalue weighted by Crippen LogP contribution is 2.13. The van der Waals surface area contributed by atoms with E-state index >= 15 is 0 Å². The van der Waals surface area contributed by atoms with Gasteiger partial charge in [0.1, 0.15) is 10.8 Å². The van der Waals surface area contributed by atoms with Gasteiger partial charge in [-0.3, -0.25) is 9.89 Å². The molecule has 0 bridgehead atoms. The zero-order valence-electron chi connectivity index (χ0n) is 8.85. The quantitative estimate of drug-likeness (QED) is 0.689. The molecule has 2 aromatic heterocycles. The van der Waals surface area contributed by atoms with Gasteiger partial charge in [-0.05, 0) is 6.92 Å². The topological polar surface area (TPSA) is 110 Å². The molecule has 4 N–H and O–H groups in total. The first-order valence-electron chi connectivity index (χ1n) is 4.64. The number of carbonyl (C=O) groups excluding carboxylic acids is 1. The number of aromatic amines is 1. The van der Waals surface area contributed by atoms with E-state index in [-0.39, 0.29) is 10.7 Å². The maximum absolute atomic E-state index is 11.8. The summed E-state index contributed by atoms with van der Waals surface area (Å²) in [6, 6.07) is 0. The molecule has 0 aliphatic carbocycles. The molecule has 2 aromatic rings. The maximum Gasteiger partial charge on any atom is 0.294 e. The highest BCUT2D eigenvalue weighted by Gasteiger charge is 2.17. The molecule has 17 heavy (non-hydrogen) atoms. The van der Waals surface area contributed by atoms with E-state index < -0.39 is 5.91 Å². The number of nitrogens with two attached hydrogens (primary N) is 1. The van der Waals surface area contributed by atoms with Gasteiger partial charge in [0.25, 0.3) is 5.91 Å². The van der Waals surface area contributed by atoms with Crippen LogP contribution in [0.5, 0.6) is 0 Å². The number of aromatic nitrogens is 3. The Morgan fingerprint density at radius 1 is 1.65 bits per heavy atom. The number of hydrogen-bond donors (Lipinski definition) is 3. The number of rotatable bonds is 3. The van der Waals surface area contributed by atoms with E-state index in [1.54, 1.807) is 6.92 Å². The number of thiocarbonyl (C=S) groups is 1. The van der Waals surface area contributed by atoms with Crippen molar-refractivity contribution >= 4 is 28.9 Å². The molecule has 8 heteroatoms. The van der Waals surface area contributed by atoms with Crippen molar-refractivity contribution in [1.82, 2.24) is 15.2 Å². The molecule has 0 aliphatic rings. The molecule has 0 spiro atoms. The van der Waals surface area contributed by atoms with Crippen LogP contribution >= 0.6 is 12.2 Å². The fourth-order valence-electron chi connectivity index (χ4n) is 1.26. The smallest absolute Gasteiger partial charge is 0.294 e. The number of amides is 1. The summed E-state index contributed by atoms with van der Waals surface area (Å²) in [6.07, 6.45) is 2.64. The van der Waals surface area contributed by atoms with E-state index in [2.05, 4.69) is 20.5 Å². The van der Waals surface area contributed by atoms with Crippen LogP contribution in [0.15, 0.2) is 17.0 Å². The van der Waals surface area contributed by atoms with Gasteiger partial charge in [0.2, 0.25) is 5.76 Å². The summed E-state index contributed by atoms with van der Waals surface area (Å²) in [6.45, 7) is 1.67. The second-order valence-corrected chi connectivity index (χ2v) is 3.68. The fraction of sp³-hybridized carbons (Fsp3) is 0.111. The minimum Gasteiger partial charge on any atom is -0.438 e. The molecule has 0 radical (unpaired) electrons. The second kappa shape index (κ2) is 4.34. The molecule has 0 aromatic carbocycles. The number of nitrogens with one attached hydrogen (secondary N) is 2. The first-order valence-corrected chi connectivity index (χ1v) is 5.05. The third-order valence-corrected chi connectivity index (χ3v) is 2.31. The van der Waals surface area contributed by atoms with Crippen molar-refractivity contribution in [3.63, 3.8) is 0 Å². The second-order valence-electron chi connectivity index (χ2n) is 3.24. The third-order valence-electron chi connectivity index (χ3n) is 2.10. The molecule has 88 valence electrons. The molecule has 7 nitrogen and oxygen atoms in total. The average molecular weight is 251 g/mol. The lowest BCUT2D eigenvalue weighted by Crippen LogP contribution is -2.17. The zero-order chi connectivity index (χ0) is 12.4. The van der Waals surface area contributed by atoms with E-state index in [9.17, 15) is 4.79 Å². The fourth-order valence-corrected chi connectivity index (χ4v) is 1.41. The number of hydrogen-bond acceptors (Lipinski definition) is 5. The summed E-state index contributed by atoms with van der Waals surface area (Å²) in [7, 11) is 0. The minimum absolute atomic E-state index is 0.133. The largest absolute Gasteiger partial charge is 0.438 e. The Balaban J connectivity index is 2.22. The SMILES string of the molecule is Cc1ncoc1C(=O)Nc1[nH]ncc1C(N)=S. The van der Waals surface area contributed by atoms with Crippen LogP contribution in [-0.4, -0.2) is 26.1 Å². The van der Waals surface area contributed by atoms with E-state index in [4.69, 9.17) is 22.4 Å². The first-order chi connectivity index (χ1) is 8.09. The summed E-state index contributed by atoms with van der Waals surface area (Å²) in [4.78, 5) is 15.8. The van der Waals surface area contributed by atoms with Crippen LogP contribution in [0.25, 0.3) is 0 Å². The van der Waals surface area contributed by atoms with Gasteiger partial charge in [0.15, 0.2) is 6.39 Å². The molecular formula is C9H9N5O2S. The third kappa shape index (κ3) is 2.16.